The Hall–Kier alpha value is -2.35. The summed E-state index contributed by atoms with van der Waals surface area (Å²) in [6, 6.07) is 13.8. The van der Waals surface area contributed by atoms with Crippen LogP contribution in [0.2, 0.25) is 5.02 Å². The maximum atomic E-state index is 12.2. The molecule has 0 unspecified atom stereocenters. The van der Waals surface area contributed by atoms with E-state index in [-0.39, 0.29) is 0 Å². The predicted octanol–water partition coefficient (Wildman–Crippen LogP) is 4.47. The Morgan fingerprint density at radius 3 is 2.44 bits per heavy atom. The first kappa shape index (κ1) is 19.4. The van der Waals surface area contributed by atoms with Crippen LogP contribution in [-0.2, 0) is 5.75 Å². The van der Waals surface area contributed by atoms with Crippen molar-refractivity contribution >= 4 is 46.5 Å². The van der Waals surface area contributed by atoms with Crippen LogP contribution in [0.15, 0.2) is 58.3 Å². The quantitative estimate of drug-likeness (QED) is 0.474. The van der Waals surface area contributed by atoms with E-state index in [2.05, 4.69) is 15.8 Å². The second kappa shape index (κ2) is 9.03. The SMILES string of the molecule is Cc1csc(SCc2ccc(C(=O)NNC(=O)c3ccccc3Cl)cc2)n1. The lowest BCUT2D eigenvalue weighted by Gasteiger charge is -2.09. The second-order valence-electron chi connectivity index (χ2n) is 5.63. The molecule has 0 aliphatic heterocycles. The zero-order chi connectivity index (χ0) is 19.2. The van der Waals surface area contributed by atoms with Gasteiger partial charge in [-0.3, -0.25) is 20.4 Å². The highest BCUT2D eigenvalue weighted by Crippen LogP contribution is 2.26. The Bertz CT molecular complexity index is 958. The summed E-state index contributed by atoms with van der Waals surface area (Å²) in [6.45, 7) is 1.97. The average Bonchev–Trinajstić information content (AvgIpc) is 3.10. The number of amides is 2. The number of aryl methyl sites for hydroxylation is 1. The summed E-state index contributed by atoms with van der Waals surface area (Å²) >= 11 is 9.25. The van der Waals surface area contributed by atoms with Gasteiger partial charge in [0.2, 0.25) is 0 Å². The highest BCUT2D eigenvalue weighted by molar-refractivity contribution is 8.00. The summed E-state index contributed by atoms with van der Waals surface area (Å²) in [5, 5.41) is 2.34. The molecule has 2 amide bonds. The molecule has 1 heterocycles. The van der Waals surface area contributed by atoms with Crippen LogP contribution in [0.1, 0.15) is 32.0 Å². The number of carbonyl (C=O) groups is 2. The molecule has 0 fully saturated rings. The van der Waals surface area contributed by atoms with Gasteiger partial charge < -0.3 is 0 Å². The van der Waals surface area contributed by atoms with E-state index in [4.69, 9.17) is 11.6 Å². The molecule has 3 rings (SSSR count). The molecule has 0 aliphatic rings. The Morgan fingerprint density at radius 2 is 1.78 bits per heavy atom. The number of rotatable bonds is 5. The molecule has 5 nitrogen and oxygen atoms in total. The van der Waals surface area contributed by atoms with Crippen molar-refractivity contribution in [1.82, 2.24) is 15.8 Å². The Labute approximate surface area is 170 Å². The van der Waals surface area contributed by atoms with Gasteiger partial charge in [-0.25, -0.2) is 4.98 Å². The second-order valence-corrected chi connectivity index (χ2v) is 8.12. The highest BCUT2D eigenvalue weighted by Gasteiger charge is 2.11. The van der Waals surface area contributed by atoms with Crippen molar-refractivity contribution in [3.05, 3.63) is 81.3 Å². The smallest absolute Gasteiger partial charge is 0.267 e. The van der Waals surface area contributed by atoms with Crippen LogP contribution in [0, 0.1) is 6.92 Å². The van der Waals surface area contributed by atoms with E-state index in [1.807, 2.05) is 24.4 Å². The lowest BCUT2D eigenvalue weighted by atomic mass is 10.1. The molecular formula is C19H16ClN3O2S2. The fraction of sp³-hybridized carbons (Fsp3) is 0.105. The topological polar surface area (TPSA) is 71.1 Å². The van der Waals surface area contributed by atoms with E-state index < -0.39 is 11.8 Å². The molecule has 3 aromatic rings. The van der Waals surface area contributed by atoms with Crippen molar-refractivity contribution in [1.29, 1.82) is 0 Å². The van der Waals surface area contributed by atoms with E-state index in [9.17, 15) is 9.59 Å². The highest BCUT2D eigenvalue weighted by atomic mass is 35.5. The number of benzene rings is 2. The lowest BCUT2D eigenvalue weighted by molar-refractivity contribution is 0.0846. The Morgan fingerprint density at radius 1 is 1.07 bits per heavy atom. The maximum Gasteiger partial charge on any atom is 0.271 e. The monoisotopic (exact) mass is 417 g/mol. The molecule has 0 atom stereocenters. The standard InChI is InChI=1S/C19H16ClN3O2S2/c1-12-10-26-19(21-12)27-11-13-6-8-14(9-7-13)17(24)22-23-18(25)15-4-2-3-5-16(15)20/h2-10H,11H2,1H3,(H,22,24)(H,23,25). The fourth-order valence-corrected chi connectivity index (χ4v) is 4.22. The first-order chi connectivity index (χ1) is 13.0. The molecule has 0 bridgehead atoms. The van der Waals surface area contributed by atoms with Crippen LogP contribution in [0.5, 0.6) is 0 Å². The Balaban J connectivity index is 1.52. The van der Waals surface area contributed by atoms with Gasteiger partial charge >= 0.3 is 0 Å². The summed E-state index contributed by atoms with van der Waals surface area (Å²) in [7, 11) is 0. The molecule has 1 aromatic heterocycles. The number of halogens is 1. The number of hydrogen-bond donors (Lipinski definition) is 2. The molecule has 0 aliphatic carbocycles. The number of thioether (sulfide) groups is 1. The van der Waals surface area contributed by atoms with Gasteiger partial charge in [0.1, 0.15) is 4.34 Å². The fourth-order valence-electron chi connectivity index (χ4n) is 2.19. The van der Waals surface area contributed by atoms with Gasteiger partial charge in [0.15, 0.2) is 0 Å². The first-order valence-electron chi connectivity index (χ1n) is 8.02. The molecular weight excluding hydrogens is 402 g/mol. The molecule has 0 spiro atoms. The van der Waals surface area contributed by atoms with E-state index in [0.717, 1.165) is 21.3 Å². The van der Waals surface area contributed by atoms with Gasteiger partial charge in [0.25, 0.3) is 11.8 Å². The minimum Gasteiger partial charge on any atom is -0.267 e. The van der Waals surface area contributed by atoms with Crippen LogP contribution < -0.4 is 10.9 Å². The number of thiazole rings is 1. The van der Waals surface area contributed by atoms with Crippen molar-refractivity contribution in [2.75, 3.05) is 0 Å². The third kappa shape index (κ3) is 5.32. The molecule has 0 saturated heterocycles. The van der Waals surface area contributed by atoms with E-state index in [0.29, 0.717) is 16.1 Å². The largest absolute Gasteiger partial charge is 0.271 e. The van der Waals surface area contributed by atoms with Crippen LogP contribution in [0.3, 0.4) is 0 Å². The number of nitrogens with zero attached hydrogens (tertiary/aromatic N) is 1. The number of nitrogens with one attached hydrogen (secondary N) is 2. The summed E-state index contributed by atoms with van der Waals surface area (Å²) in [5.41, 5.74) is 7.62. The molecule has 2 aromatic carbocycles. The molecule has 8 heteroatoms. The van der Waals surface area contributed by atoms with Crippen LogP contribution in [0.4, 0.5) is 0 Å². The molecule has 0 saturated carbocycles. The summed E-state index contributed by atoms with van der Waals surface area (Å²) < 4.78 is 1.02. The molecule has 138 valence electrons. The minimum atomic E-state index is -0.472. The average molecular weight is 418 g/mol. The van der Waals surface area contributed by atoms with Crippen LogP contribution >= 0.6 is 34.7 Å². The first-order valence-corrected chi connectivity index (χ1v) is 10.3. The zero-order valence-corrected chi connectivity index (χ0v) is 16.8. The third-order valence-electron chi connectivity index (χ3n) is 3.58. The van der Waals surface area contributed by atoms with Crippen molar-refractivity contribution in [2.45, 2.75) is 17.0 Å². The van der Waals surface area contributed by atoms with Gasteiger partial charge in [0.05, 0.1) is 10.6 Å². The normalized spacial score (nSPS) is 10.4. The maximum absolute atomic E-state index is 12.2. The number of hydrazine groups is 1. The number of hydrogen-bond acceptors (Lipinski definition) is 5. The predicted molar refractivity (Wildman–Crippen MR) is 109 cm³/mol. The lowest BCUT2D eigenvalue weighted by Crippen LogP contribution is -2.41. The van der Waals surface area contributed by atoms with Crippen molar-refractivity contribution in [2.24, 2.45) is 0 Å². The summed E-state index contributed by atoms with van der Waals surface area (Å²) in [4.78, 5) is 28.7. The van der Waals surface area contributed by atoms with Gasteiger partial charge in [-0.15, -0.1) is 11.3 Å². The van der Waals surface area contributed by atoms with Crippen LogP contribution in [-0.4, -0.2) is 16.8 Å². The third-order valence-corrected chi connectivity index (χ3v) is 6.12. The van der Waals surface area contributed by atoms with E-state index >= 15 is 0 Å². The van der Waals surface area contributed by atoms with Gasteiger partial charge in [0, 0.05) is 22.4 Å². The zero-order valence-electron chi connectivity index (χ0n) is 14.4. The summed E-state index contributed by atoms with van der Waals surface area (Å²) in [6.07, 6.45) is 0. The Kier molecular flexibility index (Phi) is 6.49. The van der Waals surface area contributed by atoms with E-state index in [1.165, 1.54) is 0 Å². The molecule has 27 heavy (non-hydrogen) atoms. The van der Waals surface area contributed by atoms with Crippen molar-refractivity contribution in [3.8, 4) is 0 Å². The van der Waals surface area contributed by atoms with E-state index in [1.54, 1.807) is 59.5 Å². The van der Waals surface area contributed by atoms with Gasteiger partial charge in [-0.05, 0) is 36.8 Å². The number of carbonyl (C=O) groups excluding carboxylic acids is 2. The molecule has 0 radical (unpaired) electrons. The number of aromatic nitrogens is 1. The van der Waals surface area contributed by atoms with Gasteiger partial charge in [-0.2, -0.15) is 0 Å². The molecule has 2 N–H and O–H groups in total. The summed E-state index contributed by atoms with van der Waals surface area (Å²) in [5.74, 6) is -0.0937. The van der Waals surface area contributed by atoms with Crippen LogP contribution in [0.25, 0.3) is 0 Å². The van der Waals surface area contributed by atoms with Gasteiger partial charge in [-0.1, -0.05) is 47.6 Å². The minimum absolute atomic E-state index is 0.296. The van der Waals surface area contributed by atoms with Crippen molar-refractivity contribution < 1.29 is 9.59 Å². The van der Waals surface area contributed by atoms with Crippen molar-refractivity contribution in [3.63, 3.8) is 0 Å².